The van der Waals surface area contributed by atoms with Crippen molar-refractivity contribution in [1.82, 2.24) is 4.90 Å². The Morgan fingerprint density at radius 2 is 2.32 bits per heavy atom. The molecule has 2 rings (SSSR count). The van der Waals surface area contributed by atoms with E-state index in [4.69, 9.17) is 5.26 Å². The van der Waals surface area contributed by atoms with Crippen LogP contribution in [0.25, 0.3) is 0 Å². The molecule has 1 fully saturated rings. The lowest BCUT2D eigenvalue weighted by atomic mass is 10.0. The van der Waals surface area contributed by atoms with Crippen molar-refractivity contribution in [3.8, 4) is 6.07 Å². The molecular formula is C15H19N3O. The second-order valence-corrected chi connectivity index (χ2v) is 5.10. The Morgan fingerprint density at radius 3 is 3.05 bits per heavy atom. The maximum Gasteiger partial charge on any atom is 0.241 e. The van der Waals surface area contributed by atoms with Gasteiger partial charge in [-0.1, -0.05) is 19.1 Å². The van der Waals surface area contributed by atoms with Crippen LogP contribution in [0.5, 0.6) is 0 Å². The van der Waals surface area contributed by atoms with Gasteiger partial charge in [-0.05, 0) is 30.9 Å². The number of anilines is 1. The van der Waals surface area contributed by atoms with E-state index in [1.165, 1.54) is 6.42 Å². The number of piperidine rings is 1. The van der Waals surface area contributed by atoms with Crippen molar-refractivity contribution in [2.45, 2.75) is 19.8 Å². The summed E-state index contributed by atoms with van der Waals surface area (Å²) in [4.78, 5) is 14.0. The number of nitriles is 1. The number of nitrogens with one attached hydrogen (secondary N) is 1. The van der Waals surface area contributed by atoms with Gasteiger partial charge in [-0.3, -0.25) is 4.79 Å². The van der Waals surface area contributed by atoms with Crippen LogP contribution >= 0.6 is 0 Å². The summed E-state index contributed by atoms with van der Waals surface area (Å²) in [5.74, 6) is 0.698. The van der Waals surface area contributed by atoms with Gasteiger partial charge in [0.25, 0.3) is 0 Å². The van der Waals surface area contributed by atoms with E-state index in [2.05, 4.69) is 18.3 Å². The third kappa shape index (κ3) is 3.47. The molecular weight excluding hydrogens is 238 g/mol. The van der Waals surface area contributed by atoms with Gasteiger partial charge in [-0.25, -0.2) is 0 Å². The Morgan fingerprint density at radius 1 is 1.53 bits per heavy atom. The summed E-state index contributed by atoms with van der Waals surface area (Å²) in [5.41, 5.74) is 1.30. The highest BCUT2D eigenvalue weighted by molar-refractivity contribution is 5.81. The molecule has 0 aliphatic carbocycles. The standard InChI is InChI=1S/C15H19N3O/c1-12-5-4-8-18(11-12)15(19)10-17-14-7-3-2-6-13(14)9-16/h2-3,6-7,12,17H,4-5,8,10-11H2,1H3. The summed E-state index contributed by atoms with van der Waals surface area (Å²) in [5, 5.41) is 12.0. The highest BCUT2D eigenvalue weighted by atomic mass is 16.2. The quantitative estimate of drug-likeness (QED) is 0.903. The van der Waals surface area contributed by atoms with E-state index in [-0.39, 0.29) is 12.5 Å². The van der Waals surface area contributed by atoms with Crippen LogP contribution in [0.2, 0.25) is 0 Å². The number of nitrogens with zero attached hydrogens (tertiary/aromatic N) is 2. The zero-order valence-corrected chi connectivity index (χ0v) is 11.2. The number of hydrogen-bond acceptors (Lipinski definition) is 3. The first-order chi connectivity index (χ1) is 9.20. The predicted octanol–water partition coefficient (Wildman–Crippen LogP) is 2.23. The molecule has 0 radical (unpaired) electrons. The van der Waals surface area contributed by atoms with E-state index < -0.39 is 0 Å². The van der Waals surface area contributed by atoms with Gasteiger partial charge in [-0.15, -0.1) is 0 Å². The van der Waals surface area contributed by atoms with Gasteiger partial charge < -0.3 is 10.2 Å². The minimum atomic E-state index is 0.110. The number of carbonyl (C=O) groups is 1. The maximum absolute atomic E-state index is 12.1. The fourth-order valence-corrected chi connectivity index (χ4v) is 2.43. The van der Waals surface area contributed by atoms with Crippen molar-refractivity contribution in [3.63, 3.8) is 0 Å². The molecule has 1 aromatic carbocycles. The Balaban J connectivity index is 1.91. The average Bonchev–Trinajstić information content (AvgIpc) is 2.45. The minimum absolute atomic E-state index is 0.110. The van der Waals surface area contributed by atoms with Crippen LogP contribution in [0, 0.1) is 17.2 Å². The van der Waals surface area contributed by atoms with Gasteiger partial charge >= 0.3 is 0 Å². The molecule has 1 saturated heterocycles. The van der Waals surface area contributed by atoms with Gasteiger partial charge in [-0.2, -0.15) is 5.26 Å². The first-order valence-electron chi connectivity index (χ1n) is 6.71. The van der Waals surface area contributed by atoms with Gasteiger partial charge in [0.2, 0.25) is 5.91 Å². The molecule has 1 atom stereocenters. The first kappa shape index (κ1) is 13.4. The second-order valence-electron chi connectivity index (χ2n) is 5.10. The lowest BCUT2D eigenvalue weighted by Crippen LogP contribution is -2.42. The van der Waals surface area contributed by atoms with Gasteiger partial charge in [0.05, 0.1) is 17.8 Å². The number of para-hydroxylation sites is 1. The maximum atomic E-state index is 12.1. The number of rotatable bonds is 3. The van der Waals surface area contributed by atoms with Crippen molar-refractivity contribution in [2.24, 2.45) is 5.92 Å². The number of hydrogen-bond donors (Lipinski definition) is 1. The first-order valence-corrected chi connectivity index (χ1v) is 6.71. The molecule has 0 saturated carbocycles. The van der Waals surface area contributed by atoms with E-state index in [1.807, 2.05) is 23.1 Å². The molecule has 0 bridgehead atoms. The molecule has 19 heavy (non-hydrogen) atoms. The molecule has 0 spiro atoms. The van der Waals surface area contributed by atoms with E-state index in [0.717, 1.165) is 25.2 Å². The molecule has 100 valence electrons. The van der Waals surface area contributed by atoms with Gasteiger partial charge in [0.15, 0.2) is 0 Å². The second kappa shape index (κ2) is 6.24. The Hall–Kier alpha value is -2.02. The van der Waals surface area contributed by atoms with E-state index >= 15 is 0 Å². The van der Waals surface area contributed by atoms with Crippen LogP contribution in [-0.2, 0) is 4.79 Å². The third-order valence-electron chi connectivity index (χ3n) is 3.49. The largest absolute Gasteiger partial charge is 0.375 e. The number of amides is 1. The zero-order valence-electron chi connectivity index (χ0n) is 11.2. The summed E-state index contributed by atoms with van der Waals surface area (Å²) < 4.78 is 0. The van der Waals surface area contributed by atoms with Crippen molar-refractivity contribution < 1.29 is 4.79 Å². The normalized spacial score (nSPS) is 18.7. The van der Waals surface area contributed by atoms with Crippen molar-refractivity contribution >= 4 is 11.6 Å². The monoisotopic (exact) mass is 257 g/mol. The summed E-state index contributed by atoms with van der Waals surface area (Å²) in [7, 11) is 0. The van der Waals surface area contributed by atoms with Crippen LogP contribution in [0.4, 0.5) is 5.69 Å². The molecule has 4 nitrogen and oxygen atoms in total. The van der Waals surface area contributed by atoms with Crippen LogP contribution in [0.1, 0.15) is 25.3 Å². The van der Waals surface area contributed by atoms with E-state index in [0.29, 0.717) is 11.5 Å². The van der Waals surface area contributed by atoms with Crippen LogP contribution in [0.15, 0.2) is 24.3 Å². The van der Waals surface area contributed by atoms with E-state index in [1.54, 1.807) is 6.07 Å². The van der Waals surface area contributed by atoms with Crippen LogP contribution in [0.3, 0.4) is 0 Å². The summed E-state index contributed by atoms with van der Waals surface area (Å²) >= 11 is 0. The Kier molecular flexibility index (Phi) is 4.40. The number of benzene rings is 1. The van der Waals surface area contributed by atoms with Gasteiger partial charge in [0.1, 0.15) is 6.07 Å². The highest BCUT2D eigenvalue weighted by Crippen LogP contribution is 2.16. The summed E-state index contributed by atoms with van der Waals surface area (Å²) in [6.45, 7) is 4.13. The highest BCUT2D eigenvalue weighted by Gasteiger charge is 2.20. The zero-order chi connectivity index (χ0) is 13.7. The Labute approximate surface area is 114 Å². The van der Waals surface area contributed by atoms with Gasteiger partial charge in [0, 0.05) is 13.1 Å². The average molecular weight is 257 g/mol. The Bertz CT molecular complexity index is 492. The van der Waals surface area contributed by atoms with Crippen molar-refractivity contribution in [1.29, 1.82) is 5.26 Å². The molecule has 1 amide bonds. The van der Waals surface area contributed by atoms with Crippen LogP contribution in [-0.4, -0.2) is 30.4 Å². The van der Waals surface area contributed by atoms with Crippen LogP contribution < -0.4 is 5.32 Å². The molecule has 0 aromatic heterocycles. The fraction of sp³-hybridized carbons (Fsp3) is 0.467. The lowest BCUT2D eigenvalue weighted by Gasteiger charge is -2.31. The van der Waals surface area contributed by atoms with Crippen molar-refractivity contribution in [3.05, 3.63) is 29.8 Å². The SMILES string of the molecule is CC1CCCN(C(=O)CNc2ccccc2C#N)C1. The summed E-state index contributed by atoms with van der Waals surface area (Å²) in [6, 6.07) is 9.36. The molecule has 1 heterocycles. The fourth-order valence-electron chi connectivity index (χ4n) is 2.43. The number of likely N-dealkylation sites (tertiary alicyclic amines) is 1. The molecule has 1 aromatic rings. The molecule has 1 unspecified atom stereocenters. The minimum Gasteiger partial charge on any atom is -0.375 e. The number of carbonyl (C=O) groups excluding carboxylic acids is 1. The predicted molar refractivity (Wildman–Crippen MR) is 74.6 cm³/mol. The molecule has 4 heteroatoms. The third-order valence-corrected chi connectivity index (χ3v) is 3.49. The molecule has 1 aliphatic heterocycles. The smallest absolute Gasteiger partial charge is 0.241 e. The molecule has 1 aliphatic rings. The lowest BCUT2D eigenvalue weighted by molar-refractivity contribution is -0.130. The van der Waals surface area contributed by atoms with Crippen molar-refractivity contribution in [2.75, 3.05) is 25.0 Å². The topological polar surface area (TPSA) is 56.1 Å². The molecule has 1 N–H and O–H groups in total. The summed E-state index contributed by atoms with van der Waals surface area (Å²) in [6.07, 6.45) is 2.29. The van der Waals surface area contributed by atoms with E-state index in [9.17, 15) is 4.79 Å².